The van der Waals surface area contributed by atoms with Gasteiger partial charge >= 0.3 is 5.97 Å². The number of amides is 1. The molecule has 1 saturated heterocycles. The Morgan fingerprint density at radius 2 is 2.21 bits per heavy atom. The molecular weight excluding hydrogens is 371 g/mol. The molecule has 3 rings (SSSR count). The number of aliphatic imine (C=N–C) groups is 1. The molecule has 5 nitrogen and oxygen atoms in total. The highest BCUT2D eigenvalue weighted by Crippen LogP contribution is 2.44. The van der Waals surface area contributed by atoms with Gasteiger partial charge in [0.2, 0.25) is 5.91 Å². The Hall–Kier alpha value is -1.50. The molecule has 1 amide bonds. The van der Waals surface area contributed by atoms with Gasteiger partial charge in [0.25, 0.3) is 0 Å². The number of halogens is 2. The fourth-order valence-electron chi connectivity index (χ4n) is 2.74. The van der Waals surface area contributed by atoms with Crippen molar-refractivity contribution in [3.63, 3.8) is 0 Å². The van der Waals surface area contributed by atoms with Crippen LogP contribution in [0.2, 0.25) is 10.0 Å². The molecule has 2 heterocycles. The van der Waals surface area contributed by atoms with E-state index in [0.29, 0.717) is 32.0 Å². The number of hydrogen-bond acceptors (Lipinski definition) is 5. The van der Waals surface area contributed by atoms with Gasteiger partial charge in [0, 0.05) is 5.56 Å². The molecule has 0 spiro atoms. The largest absolute Gasteiger partial charge is 0.463 e. The number of fused-ring (bicyclic) bond motifs is 1. The lowest BCUT2D eigenvalue weighted by molar-refractivity contribution is -0.139. The number of rotatable bonds is 3. The van der Waals surface area contributed by atoms with Crippen LogP contribution in [-0.2, 0) is 14.3 Å². The predicted octanol–water partition coefficient (Wildman–Crippen LogP) is 3.82. The molecule has 0 saturated carbocycles. The van der Waals surface area contributed by atoms with Crippen molar-refractivity contribution < 1.29 is 14.3 Å². The second-order valence-electron chi connectivity index (χ2n) is 5.21. The van der Waals surface area contributed by atoms with Crippen LogP contribution in [0.25, 0.3) is 0 Å². The number of amidine groups is 1. The van der Waals surface area contributed by atoms with Crippen molar-refractivity contribution in [2.45, 2.75) is 19.9 Å². The van der Waals surface area contributed by atoms with Crippen LogP contribution in [0.5, 0.6) is 0 Å². The molecule has 2 aliphatic rings. The molecule has 1 aromatic carbocycles. The Labute approximate surface area is 153 Å². The number of benzene rings is 1. The van der Waals surface area contributed by atoms with Gasteiger partial charge in [-0.2, -0.15) is 0 Å². The van der Waals surface area contributed by atoms with Crippen LogP contribution in [0.3, 0.4) is 0 Å². The zero-order valence-electron chi connectivity index (χ0n) is 13.0. The first-order chi connectivity index (χ1) is 11.5. The molecule has 0 aliphatic carbocycles. The summed E-state index contributed by atoms with van der Waals surface area (Å²) < 4.78 is 5.17. The summed E-state index contributed by atoms with van der Waals surface area (Å²) in [6, 6.07) is 4.46. The van der Waals surface area contributed by atoms with Crippen molar-refractivity contribution in [3.8, 4) is 0 Å². The molecular formula is C16H14Cl2N2O3S. The van der Waals surface area contributed by atoms with Crippen molar-refractivity contribution in [1.29, 1.82) is 0 Å². The number of carbonyl (C=O) groups excluding carboxylic acids is 2. The topological polar surface area (TPSA) is 59.0 Å². The van der Waals surface area contributed by atoms with E-state index in [9.17, 15) is 9.59 Å². The smallest absolute Gasteiger partial charge is 0.338 e. The highest BCUT2D eigenvalue weighted by Gasteiger charge is 2.44. The molecule has 1 aromatic rings. The van der Waals surface area contributed by atoms with Gasteiger partial charge in [0.1, 0.15) is 0 Å². The molecule has 2 aliphatic heterocycles. The van der Waals surface area contributed by atoms with Crippen LogP contribution >= 0.6 is 35.0 Å². The SMILES string of the molecule is CCOC(=O)C1=C(C)N=C2SCC(=O)N2C1c1cccc(Cl)c1Cl. The summed E-state index contributed by atoms with van der Waals surface area (Å²) in [5, 5.41) is 1.23. The van der Waals surface area contributed by atoms with E-state index in [1.165, 1.54) is 16.7 Å². The van der Waals surface area contributed by atoms with Crippen LogP contribution in [0.1, 0.15) is 25.5 Å². The number of ether oxygens (including phenoxy) is 1. The predicted molar refractivity (Wildman–Crippen MR) is 95.3 cm³/mol. The second kappa shape index (κ2) is 6.78. The van der Waals surface area contributed by atoms with Crippen LogP contribution in [-0.4, -0.2) is 34.3 Å². The lowest BCUT2D eigenvalue weighted by Crippen LogP contribution is -2.39. The molecule has 1 atom stereocenters. The normalized spacial score (nSPS) is 20.2. The molecule has 24 heavy (non-hydrogen) atoms. The number of hydrogen-bond donors (Lipinski definition) is 0. The Bertz CT molecular complexity index is 792. The maximum absolute atomic E-state index is 12.5. The first-order valence-electron chi connectivity index (χ1n) is 7.31. The van der Waals surface area contributed by atoms with Gasteiger partial charge in [-0.05, 0) is 19.9 Å². The quantitative estimate of drug-likeness (QED) is 0.743. The number of esters is 1. The number of carbonyl (C=O) groups is 2. The highest BCUT2D eigenvalue weighted by molar-refractivity contribution is 8.15. The van der Waals surface area contributed by atoms with Crippen LogP contribution in [0.15, 0.2) is 34.5 Å². The molecule has 126 valence electrons. The first-order valence-corrected chi connectivity index (χ1v) is 9.05. The van der Waals surface area contributed by atoms with Crippen molar-refractivity contribution in [3.05, 3.63) is 45.1 Å². The number of nitrogens with zero attached hydrogens (tertiary/aromatic N) is 2. The van der Waals surface area contributed by atoms with Crippen LogP contribution in [0, 0.1) is 0 Å². The van der Waals surface area contributed by atoms with Crippen LogP contribution < -0.4 is 0 Å². The summed E-state index contributed by atoms with van der Waals surface area (Å²) in [5.74, 6) is -0.366. The van der Waals surface area contributed by atoms with E-state index in [2.05, 4.69) is 4.99 Å². The third-order valence-electron chi connectivity index (χ3n) is 3.76. The average Bonchev–Trinajstić information content (AvgIpc) is 2.90. The van der Waals surface area contributed by atoms with E-state index < -0.39 is 12.0 Å². The summed E-state index contributed by atoms with van der Waals surface area (Å²) in [5.41, 5.74) is 1.40. The molecule has 8 heteroatoms. The maximum Gasteiger partial charge on any atom is 0.338 e. The Morgan fingerprint density at radius 1 is 1.46 bits per heavy atom. The standard InChI is InChI=1S/C16H14Cl2N2O3S/c1-3-23-15(22)12-8(2)19-16-20(11(21)7-24-16)14(12)9-5-4-6-10(17)13(9)18/h4-6,14H,3,7H2,1-2H3. The fraction of sp³-hybridized carbons (Fsp3) is 0.312. The zero-order valence-corrected chi connectivity index (χ0v) is 15.3. The molecule has 0 N–H and O–H groups in total. The van der Waals surface area contributed by atoms with Crippen molar-refractivity contribution in [2.24, 2.45) is 4.99 Å². The van der Waals surface area contributed by atoms with Crippen molar-refractivity contribution in [1.82, 2.24) is 4.90 Å². The van der Waals surface area contributed by atoms with Gasteiger partial charge in [-0.3, -0.25) is 9.69 Å². The third kappa shape index (κ3) is 2.83. The minimum atomic E-state index is -0.690. The summed E-state index contributed by atoms with van der Waals surface area (Å²) >= 11 is 13.8. The number of allylic oxidation sites excluding steroid dienone is 1. The van der Waals surface area contributed by atoms with Gasteiger partial charge in [-0.25, -0.2) is 9.79 Å². The Morgan fingerprint density at radius 3 is 2.92 bits per heavy atom. The summed E-state index contributed by atoms with van der Waals surface area (Å²) in [6.45, 7) is 3.68. The Balaban J connectivity index is 2.20. The van der Waals surface area contributed by atoms with Gasteiger partial charge in [0.15, 0.2) is 5.17 Å². The lowest BCUT2D eigenvalue weighted by Gasteiger charge is -2.33. The summed E-state index contributed by atoms with van der Waals surface area (Å²) in [6.07, 6.45) is 0. The second-order valence-corrected chi connectivity index (χ2v) is 6.94. The van der Waals surface area contributed by atoms with Crippen LogP contribution in [0.4, 0.5) is 0 Å². The van der Waals surface area contributed by atoms with Gasteiger partial charge in [-0.15, -0.1) is 0 Å². The lowest BCUT2D eigenvalue weighted by atomic mass is 9.94. The fourth-order valence-corrected chi connectivity index (χ4v) is 4.09. The van der Waals surface area contributed by atoms with E-state index in [4.69, 9.17) is 27.9 Å². The summed E-state index contributed by atoms with van der Waals surface area (Å²) in [4.78, 5) is 30.8. The van der Waals surface area contributed by atoms with E-state index in [1.54, 1.807) is 32.0 Å². The van der Waals surface area contributed by atoms with Crippen molar-refractivity contribution in [2.75, 3.05) is 12.4 Å². The average molecular weight is 385 g/mol. The molecule has 1 fully saturated rings. The highest BCUT2D eigenvalue weighted by atomic mass is 35.5. The minimum absolute atomic E-state index is 0.130. The van der Waals surface area contributed by atoms with E-state index in [0.717, 1.165) is 0 Å². The number of thioether (sulfide) groups is 1. The first kappa shape index (κ1) is 17.3. The van der Waals surface area contributed by atoms with Crippen molar-refractivity contribution >= 4 is 52.0 Å². The maximum atomic E-state index is 12.5. The van der Waals surface area contributed by atoms with Gasteiger partial charge in [-0.1, -0.05) is 47.1 Å². The van der Waals surface area contributed by atoms with Gasteiger partial charge < -0.3 is 4.74 Å². The zero-order chi connectivity index (χ0) is 17.4. The molecule has 0 aromatic heterocycles. The Kier molecular flexibility index (Phi) is 4.90. The van der Waals surface area contributed by atoms with E-state index in [1.807, 2.05) is 0 Å². The van der Waals surface area contributed by atoms with E-state index in [-0.39, 0.29) is 18.3 Å². The third-order valence-corrected chi connectivity index (χ3v) is 5.53. The van der Waals surface area contributed by atoms with E-state index >= 15 is 0 Å². The molecule has 1 unspecified atom stereocenters. The molecule has 0 radical (unpaired) electrons. The minimum Gasteiger partial charge on any atom is -0.463 e. The monoisotopic (exact) mass is 384 g/mol. The summed E-state index contributed by atoms with van der Waals surface area (Å²) in [7, 11) is 0. The van der Waals surface area contributed by atoms with Gasteiger partial charge in [0.05, 0.1) is 39.7 Å². The molecule has 0 bridgehead atoms.